The maximum absolute atomic E-state index is 4.26. The van der Waals surface area contributed by atoms with Crippen molar-refractivity contribution in [2.45, 2.75) is 6.54 Å². The van der Waals surface area contributed by atoms with Crippen LogP contribution in [0.5, 0.6) is 0 Å². The molecule has 0 fully saturated rings. The SMILES string of the molecule is Brc1csc(CNc2cccc3nccn23)c1. The van der Waals surface area contributed by atoms with E-state index in [4.69, 9.17) is 0 Å². The van der Waals surface area contributed by atoms with Crippen LogP contribution in [0.4, 0.5) is 5.82 Å². The van der Waals surface area contributed by atoms with Gasteiger partial charge in [-0.25, -0.2) is 4.98 Å². The van der Waals surface area contributed by atoms with Crippen molar-refractivity contribution in [3.63, 3.8) is 0 Å². The summed E-state index contributed by atoms with van der Waals surface area (Å²) in [5, 5.41) is 5.51. The van der Waals surface area contributed by atoms with Crippen LogP contribution >= 0.6 is 27.3 Å². The fraction of sp³-hybridized carbons (Fsp3) is 0.0833. The molecule has 17 heavy (non-hydrogen) atoms. The zero-order valence-electron chi connectivity index (χ0n) is 8.93. The van der Waals surface area contributed by atoms with Gasteiger partial charge in [0.25, 0.3) is 0 Å². The number of thiophene rings is 1. The van der Waals surface area contributed by atoms with Crippen LogP contribution in [0.3, 0.4) is 0 Å². The van der Waals surface area contributed by atoms with Crippen LogP contribution in [0, 0.1) is 0 Å². The molecule has 3 heterocycles. The molecule has 0 aliphatic heterocycles. The molecule has 3 rings (SSSR count). The van der Waals surface area contributed by atoms with E-state index in [1.165, 1.54) is 4.88 Å². The van der Waals surface area contributed by atoms with Crippen LogP contribution in [0.25, 0.3) is 5.65 Å². The van der Waals surface area contributed by atoms with Crippen molar-refractivity contribution >= 4 is 38.7 Å². The van der Waals surface area contributed by atoms with Crippen LogP contribution in [0.1, 0.15) is 4.88 Å². The van der Waals surface area contributed by atoms with Gasteiger partial charge in [-0.15, -0.1) is 11.3 Å². The summed E-state index contributed by atoms with van der Waals surface area (Å²) in [6.45, 7) is 0.827. The van der Waals surface area contributed by atoms with Crippen molar-refractivity contribution in [2.24, 2.45) is 0 Å². The van der Waals surface area contributed by atoms with Crippen LogP contribution in [-0.4, -0.2) is 9.38 Å². The summed E-state index contributed by atoms with van der Waals surface area (Å²) < 4.78 is 3.18. The molecular formula is C12H10BrN3S. The molecule has 3 nitrogen and oxygen atoms in total. The van der Waals surface area contributed by atoms with Gasteiger partial charge in [-0.05, 0) is 34.1 Å². The lowest BCUT2D eigenvalue weighted by molar-refractivity contribution is 1.09. The molecule has 0 atom stereocenters. The van der Waals surface area contributed by atoms with Crippen molar-refractivity contribution in [3.8, 4) is 0 Å². The number of rotatable bonds is 3. The van der Waals surface area contributed by atoms with E-state index < -0.39 is 0 Å². The minimum atomic E-state index is 0.827. The van der Waals surface area contributed by atoms with Crippen LogP contribution in [0.15, 0.2) is 46.5 Å². The first-order valence-corrected chi connectivity index (χ1v) is 6.89. The van der Waals surface area contributed by atoms with E-state index in [-0.39, 0.29) is 0 Å². The molecule has 0 radical (unpaired) electrons. The third kappa shape index (κ3) is 2.21. The zero-order chi connectivity index (χ0) is 11.7. The Morgan fingerprint density at radius 2 is 2.35 bits per heavy atom. The molecule has 86 valence electrons. The largest absolute Gasteiger partial charge is 0.366 e. The molecule has 0 spiro atoms. The molecule has 0 amide bonds. The third-order valence-electron chi connectivity index (χ3n) is 2.49. The third-order valence-corrected chi connectivity index (χ3v) is 4.19. The van der Waals surface area contributed by atoms with Gasteiger partial charge in [0.1, 0.15) is 11.5 Å². The Hall–Kier alpha value is -1.33. The molecule has 1 N–H and O–H groups in total. The Morgan fingerprint density at radius 1 is 1.41 bits per heavy atom. The molecule has 0 unspecified atom stereocenters. The number of imidazole rings is 1. The second-order valence-corrected chi connectivity index (χ2v) is 5.56. The number of aromatic nitrogens is 2. The Kier molecular flexibility index (Phi) is 2.86. The molecule has 0 aromatic carbocycles. The van der Waals surface area contributed by atoms with Crippen LogP contribution < -0.4 is 5.32 Å². The Balaban J connectivity index is 1.83. The smallest absolute Gasteiger partial charge is 0.138 e. The number of anilines is 1. The Morgan fingerprint density at radius 3 is 3.18 bits per heavy atom. The van der Waals surface area contributed by atoms with E-state index in [2.05, 4.69) is 43.7 Å². The van der Waals surface area contributed by atoms with Gasteiger partial charge in [-0.2, -0.15) is 0 Å². The second-order valence-electron chi connectivity index (χ2n) is 3.65. The monoisotopic (exact) mass is 307 g/mol. The van der Waals surface area contributed by atoms with Crippen LogP contribution in [0.2, 0.25) is 0 Å². The summed E-state index contributed by atoms with van der Waals surface area (Å²) >= 11 is 5.20. The average molecular weight is 308 g/mol. The van der Waals surface area contributed by atoms with Gasteiger partial charge >= 0.3 is 0 Å². The maximum atomic E-state index is 4.26. The highest BCUT2D eigenvalue weighted by atomic mass is 79.9. The highest BCUT2D eigenvalue weighted by molar-refractivity contribution is 9.10. The number of nitrogens with zero attached hydrogens (tertiary/aromatic N) is 2. The van der Waals surface area contributed by atoms with Gasteiger partial charge in [0.2, 0.25) is 0 Å². The quantitative estimate of drug-likeness (QED) is 0.798. The van der Waals surface area contributed by atoms with Crippen molar-refractivity contribution in [3.05, 3.63) is 51.4 Å². The predicted octanol–water partition coefficient (Wildman–Crippen LogP) is 3.77. The molecule has 3 aromatic rings. The number of hydrogen-bond donors (Lipinski definition) is 1. The topological polar surface area (TPSA) is 29.3 Å². The lowest BCUT2D eigenvalue weighted by Crippen LogP contribution is -2.02. The van der Waals surface area contributed by atoms with Gasteiger partial charge in [0, 0.05) is 27.1 Å². The van der Waals surface area contributed by atoms with E-state index in [0.717, 1.165) is 22.5 Å². The van der Waals surface area contributed by atoms with E-state index in [1.807, 2.05) is 28.9 Å². The summed E-state index contributed by atoms with van der Waals surface area (Å²) in [4.78, 5) is 5.56. The summed E-state index contributed by atoms with van der Waals surface area (Å²) in [6.07, 6.45) is 3.77. The molecule has 0 aliphatic carbocycles. The highest BCUT2D eigenvalue weighted by Crippen LogP contribution is 2.21. The van der Waals surface area contributed by atoms with Gasteiger partial charge < -0.3 is 5.32 Å². The fourth-order valence-electron chi connectivity index (χ4n) is 1.72. The molecule has 5 heteroatoms. The van der Waals surface area contributed by atoms with Crippen LogP contribution in [-0.2, 0) is 6.54 Å². The number of pyridine rings is 1. The zero-order valence-corrected chi connectivity index (χ0v) is 11.3. The Labute approximate surface area is 111 Å². The summed E-state index contributed by atoms with van der Waals surface area (Å²) in [5.74, 6) is 1.06. The Bertz CT molecular complexity index is 644. The molecule has 0 bridgehead atoms. The fourth-order valence-corrected chi connectivity index (χ4v) is 3.11. The molecule has 0 aliphatic rings. The lowest BCUT2D eigenvalue weighted by Gasteiger charge is -2.07. The number of fused-ring (bicyclic) bond motifs is 1. The first kappa shape index (κ1) is 10.8. The lowest BCUT2D eigenvalue weighted by atomic mass is 10.4. The minimum Gasteiger partial charge on any atom is -0.366 e. The molecule has 0 saturated carbocycles. The second kappa shape index (κ2) is 4.50. The molecular weight excluding hydrogens is 298 g/mol. The van der Waals surface area contributed by atoms with E-state index in [0.29, 0.717) is 0 Å². The normalized spacial score (nSPS) is 10.9. The average Bonchev–Trinajstić information content (AvgIpc) is 2.94. The number of nitrogens with one attached hydrogen (secondary N) is 1. The van der Waals surface area contributed by atoms with E-state index in [9.17, 15) is 0 Å². The van der Waals surface area contributed by atoms with Crippen molar-refractivity contribution in [2.75, 3.05) is 5.32 Å². The van der Waals surface area contributed by atoms with E-state index >= 15 is 0 Å². The standard InChI is InChI=1S/C12H10BrN3S/c13-9-6-10(17-8-9)7-15-12-3-1-2-11-14-4-5-16(11)12/h1-6,8,15H,7H2. The summed E-state index contributed by atoms with van der Waals surface area (Å²) in [7, 11) is 0. The van der Waals surface area contributed by atoms with Crippen molar-refractivity contribution in [1.29, 1.82) is 0 Å². The van der Waals surface area contributed by atoms with E-state index in [1.54, 1.807) is 11.3 Å². The predicted molar refractivity (Wildman–Crippen MR) is 74.5 cm³/mol. The summed E-state index contributed by atoms with van der Waals surface area (Å²) in [5.41, 5.74) is 0.961. The van der Waals surface area contributed by atoms with Gasteiger partial charge in [-0.3, -0.25) is 4.40 Å². The van der Waals surface area contributed by atoms with Gasteiger partial charge in [0.15, 0.2) is 0 Å². The summed E-state index contributed by atoms with van der Waals surface area (Å²) in [6, 6.07) is 8.19. The first-order valence-electron chi connectivity index (χ1n) is 5.22. The maximum Gasteiger partial charge on any atom is 0.138 e. The van der Waals surface area contributed by atoms with Gasteiger partial charge in [-0.1, -0.05) is 6.07 Å². The van der Waals surface area contributed by atoms with Gasteiger partial charge in [0.05, 0.1) is 6.54 Å². The number of hydrogen-bond acceptors (Lipinski definition) is 3. The molecule has 0 saturated heterocycles. The minimum absolute atomic E-state index is 0.827. The molecule has 3 aromatic heterocycles. The highest BCUT2D eigenvalue weighted by Gasteiger charge is 2.01. The van der Waals surface area contributed by atoms with Crippen molar-refractivity contribution < 1.29 is 0 Å². The van der Waals surface area contributed by atoms with Crippen molar-refractivity contribution in [1.82, 2.24) is 9.38 Å². The first-order chi connectivity index (χ1) is 8.33. The number of halogens is 1.